The van der Waals surface area contributed by atoms with Crippen LogP contribution in [0.1, 0.15) is 63.2 Å². The number of unbranched alkanes of at least 4 members (excludes halogenated alkanes) is 5. The van der Waals surface area contributed by atoms with Crippen LogP contribution >= 0.6 is 11.8 Å². The van der Waals surface area contributed by atoms with Gasteiger partial charge in [0.05, 0.1) is 6.61 Å². The van der Waals surface area contributed by atoms with Gasteiger partial charge >= 0.3 is 5.69 Å². The summed E-state index contributed by atoms with van der Waals surface area (Å²) >= 11 is 1.45. The number of hydrogen-bond acceptors (Lipinski definition) is 8. The predicted molar refractivity (Wildman–Crippen MR) is 149 cm³/mol. The van der Waals surface area contributed by atoms with Crippen molar-refractivity contribution in [3.05, 3.63) is 58.6 Å². The molecule has 1 fully saturated rings. The number of rotatable bonds is 18. The number of amides is 1. The van der Waals surface area contributed by atoms with Crippen LogP contribution in [0.15, 0.2) is 47.4 Å². The van der Waals surface area contributed by atoms with Crippen molar-refractivity contribution in [2.24, 2.45) is 0 Å². The summed E-state index contributed by atoms with van der Waals surface area (Å²) in [4.78, 5) is 28.4. The molecule has 0 spiro atoms. The molecule has 1 aromatic carbocycles. The van der Waals surface area contributed by atoms with Crippen molar-refractivity contribution in [1.29, 1.82) is 0 Å². The zero-order valence-corrected chi connectivity index (χ0v) is 22.4. The molecule has 0 bridgehead atoms. The fourth-order valence-electron chi connectivity index (χ4n) is 4.11. The Bertz CT molecular complexity index is 975. The minimum absolute atomic E-state index is 0.0954. The second-order valence-electron chi connectivity index (χ2n) is 9.22. The van der Waals surface area contributed by atoms with Crippen molar-refractivity contribution in [1.82, 2.24) is 20.2 Å². The average molecular weight is 532 g/mol. The number of nitrogens with zero attached hydrogens (tertiary/aromatic N) is 2. The second kappa shape index (κ2) is 17.3. The van der Waals surface area contributed by atoms with E-state index in [2.05, 4.69) is 45.2 Å². The lowest BCUT2D eigenvalue weighted by Crippen LogP contribution is -2.29. The summed E-state index contributed by atoms with van der Waals surface area (Å²) in [5.41, 5.74) is 0.530. The van der Waals surface area contributed by atoms with Crippen LogP contribution in [-0.4, -0.2) is 58.0 Å². The number of ether oxygens (including phenoxy) is 1. The summed E-state index contributed by atoms with van der Waals surface area (Å²) in [6.45, 7) is 3.92. The van der Waals surface area contributed by atoms with E-state index >= 15 is 0 Å². The van der Waals surface area contributed by atoms with Crippen molar-refractivity contribution < 1.29 is 14.6 Å². The van der Waals surface area contributed by atoms with Crippen LogP contribution in [0.3, 0.4) is 0 Å². The van der Waals surface area contributed by atoms with E-state index in [1.54, 1.807) is 12.3 Å². The topological polar surface area (TPSA) is 118 Å². The number of anilines is 1. The van der Waals surface area contributed by atoms with Crippen LogP contribution in [0.25, 0.3) is 0 Å². The maximum atomic E-state index is 12.3. The Morgan fingerprint density at radius 3 is 2.38 bits per heavy atom. The molecular weight excluding hydrogens is 490 g/mol. The minimum atomic E-state index is -0.479. The first kappa shape index (κ1) is 29.3. The maximum Gasteiger partial charge on any atom is 0.351 e. The van der Waals surface area contributed by atoms with E-state index in [0.29, 0.717) is 12.2 Å². The van der Waals surface area contributed by atoms with Gasteiger partial charge in [-0.3, -0.25) is 9.36 Å². The van der Waals surface area contributed by atoms with Gasteiger partial charge in [0, 0.05) is 24.9 Å². The number of aliphatic hydroxyl groups is 1. The Morgan fingerprint density at radius 1 is 1.00 bits per heavy atom. The molecule has 1 amide bonds. The molecule has 9 nitrogen and oxygen atoms in total. The SMILES string of the molecule is O=C(CCCCCNCCCCCCNCc1ccccc1)Nc1ccn([C@@H]2CS[C@H](CO)O2)c(=O)n1. The minimum Gasteiger partial charge on any atom is -0.393 e. The molecule has 0 radical (unpaired) electrons. The van der Waals surface area contributed by atoms with Gasteiger partial charge in [-0.1, -0.05) is 49.6 Å². The molecule has 2 aromatic rings. The number of carbonyl (C=O) groups excluding carboxylic acids is 1. The van der Waals surface area contributed by atoms with E-state index < -0.39 is 11.9 Å². The molecular formula is C27H41N5O4S. The molecule has 1 saturated heterocycles. The molecule has 10 heteroatoms. The van der Waals surface area contributed by atoms with Crippen LogP contribution in [0.2, 0.25) is 0 Å². The summed E-state index contributed by atoms with van der Waals surface area (Å²) in [6, 6.07) is 12.1. The third-order valence-corrected chi connectivity index (χ3v) is 7.29. The Balaban J connectivity index is 1.13. The number of aliphatic hydroxyl groups excluding tert-OH is 1. The predicted octanol–water partition coefficient (Wildman–Crippen LogP) is 3.26. The highest BCUT2D eigenvalue weighted by Gasteiger charge is 2.27. The fourth-order valence-corrected chi connectivity index (χ4v) is 5.04. The summed E-state index contributed by atoms with van der Waals surface area (Å²) < 4.78 is 6.97. The summed E-state index contributed by atoms with van der Waals surface area (Å²) in [6.07, 6.45) is 9.25. The molecule has 4 N–H and O–H groups in total. The zero-order chi connectivity index (χ0) is 26.1. The Hall–Kier alpha value is -2.24. The lowest BCUT2D eigenvalue weighted by molar-refractivity contribution is -0.116. The average Bonchev–Trinajstić information content (AvgIpc) is 3.38. The normalized spacial score (nSPS) is 17.2. The van der Waals surface area contributed by atoms with Gasteiger partial charge in [-0.2, -0.15) is 4.98 Å². The standard InChI is InChI=1S/C27H41N5O4S/c33-20-26-36-25(21-37-26)32-18-14-23(31-27(32)35)30-24(34)13-7-4-10-16-28-15-8-1-2-9-17-29-19-22-11-5-3-6-12-22/h3,5-6,11-12,14,18,25-26,28-29,33H,1-2,4,7-10,13,15-17,19-21H2,(H,30,31,34,35)/t25-,26+/m0/s1. The van der Waals surface area contributed by atoms with Crippen molar-refractivity contribution in [3.63, 3.8) is 0 Å². The Kier molecular flexibility index (Phi) is 13.7. The maximum absolute atomic E-state index is 12.3. The van der Waals surface area contributed by atoms with E-state index in [1.165, 1.54) is 47.6 Å². The van der Waals surface area contributed by atoms with Crippen molar-refractivity contribution >= 4 is 23.5 Å². The van der Waals surface area contributed by atoms with Gasteiger partial charge in [-0.15, -0.1) is 11.8 Å². The quantitative estimate of drug-likeness (QED) is 0.217. The third-order valence-electron chi connectivity index (χ3n) is 6.18. The number of aromatic nitrogens is 2. The van der Waals surface area contributed by atoms with Gasteiger partial charge in [-0.25, -0.2) is 4.79 Å². The third kappa shape index (κ3) is 11.4. The lowest BCUT2D eigenvalue weighted by atomic mass is 10.1. The first-order chi connectivity index (χ1) is 18.2. The summed E-state index contributed by atoms with van der Waals surface area (Å²) in [5.74, 6) is 0.689. The van der Waals surface area contributed by atoms with Crippen LogP contribution in [0.4, 0.5) is 5.82 Å². The van der Waals surface area contributed by atoms with E-state index in [0.717, 1.165) is 45.4 Å². The highest BCUT2D eigenvalue weighted by Crippen LogP contribution is 2.30. The largest absolute Gasteiger partial charge is 0.393 e. The van der Waals surface area contributed by atoms with Crippen molar-refractivity contribution in [2.45, 2.75) is 69.6 Å². The molecule has 0 saturated carbocycles. The Morgan fingerprint density at radius 2 is 1.70 bits per heavy atom. The first-order valence-electron chi connectivity index (χ1n) is 13.4. The van der Waals surface area contributed by atoms with E-state index in [9.17, 15) is 9.59 Å². The van der Waals surface area contributed by atoms with Crippen LogP contribution in [0.5, 0.6) is 0 Å². The molecule has 0 unspecified atom stereocenters. The van der Waals surface area contributed by atoms with E-state index in [1.807, 2.05) is 6.07 Å². The molecule has 1 aliphatic heterocycles. The molecule has 3 rings (SSSR count). The van der Waals surface area contributed by atoms with Gasteiger partial charge in [0.15, 0.2) is 0 Å². The molecule has 1 aliphatic rings. The smallest absolute Gasteiger partial charge is 0.351 e. The number of hydrogen-bond donors (Lipinski definition) is 4. The fraction of sp³-hybridized carbons (Fsp3) is 0.593. The molecule has 0 aliphatic carbocycles. The molecule has 204 valence electrons. The molecule has 1 aromatic heterocycles. The van der Waals surface area contributed by atoms with Crippen LogP contribution in [-0.2, 0) is 16.1 Å². The number of thioether (sulfide) groups is 1. The monoisotopic (exact) mass is 531 g/mol. The van der Waals surface area contributed by atoms with Gasteiger partial charge in [0.2, 0.25) is 5.91 Å². The number of benzene rings is 1. The van der Waals surface area contributed by atoms with Gasteiger partial charge in [-0.05, 0) is 56.9 Å². The number of carbonyl (C=O) groups is 1. The highest BCUT2D eigenvalue weighted by molar-refractivity contribution is 8.00. The molecule has 37 heavy (non-hydrogen) atoms. The zero-order valence-electron chi connectivity index (χ0n) is 21.6. The van der Waals surface area contributed by atoms with Gasteiger partial charge in [0.25, 0.3) is 0 Å². The molecule has 2 atom stereocenters. The Labute approximate surface area is 223 Å². The summed E-state index contributed by atoms with van der Waals surface area (Å²) in [5, 5.41) is 18.8. The number of nitrogens with one attached hydrogen (secondary N) is 3. The van der Waals surface area contributed by atoms with Crippen molar-refractivity contribution in [2.75, 3.05) is 37.3 Å². The summed E-state index contributed by atoms with van der Waals surface area (Å²) in [7, 11) is 0. The van der Waals surface area contributed by atoms with Gasteiger partial charge in [0.1, 0.15) is 17.5 Å². The first-order valence-corrected chi connectivity index (χ1v) is 14.4. The van der Waals surface area contributed by atoms with E-state index in [-0.39, 0.29) is 23.8 Å². The van der Waals surface area contributed by atoms with Gasteiger partial charge < -0.3 is 25.8 Å². The second-order valence-corrected chi connectivity index (χ2v) is 10.4. The van der Waals surface area contributed by atoms with Crippen LogP contribution in [0, 0.1) is 0 Å². The van der Waals surface area contributed by atoms with Crippen molar-refractivity contribution in [3.8, 4) is 0 Å². The lowest BCUT2D eigenvalue weighted by Gasteiger charge is -2.14. The van der Waals surface area contributed by atoms with E-state index in [4.69, 9.17) is 9.84 Å². The van der Waals surface area contributed by atoms with Crippen LogP contribution < -0.4 is 21.6 Å². The molecule has 2 heterocycles. The highest BCUT2D eigenvalue weighted by atomic mass is 32.2.